The van der Waals surface area contributed by atoms with Crippen LogP contribution in [0.2, 0.25) is 0 Å². The molecular weight excluding hydrogens is 269 g/mol. The highest BCUT2D eigenvalue weighted by Crippen LogP contribution is 2.18. The topological polar surface area (TPSA) is 32.3 Å². The summed E-state index contributed by atoms with van der Waals surface area (Å²) in [5.41, 5.74) is -0.697. The number of hydrogen-bond acceptors (Lipinski definition) is 2. The van der Waals surface area contributed by atoms with Crippen molar-refractivity contribution >= 4 is 5.91 Å². The summed E-state index contributed by atoms with van der Waals surface area (Å²) in [6.07, 6.45) is 1.99. The Labute approximate surface area is 115 Å². The quantitative estimate of drug-likeness (QED) is 0.923. The first-order valence-electron chi connectivity index (χ1n) is 6.59. The molecule has 1 unspecified atom stereocenters. The summed E-state index contributed by atoms with van der Waals surface area (Å²) in [6, 6.07) is 1.04. The van der Waals surface area contributed by atoms with E-state index in [9.17, 15) is 18.0 Å². The number of hydrogen-bond donors (Lipinski definition) is 1. The van der Waals surface area contributed by atoms with Crippen LogP contribution in [-0.4, -0.2) is 37.5 Å². The first-order valence-corrected chi connectivity index (χ1v) is 6.59. The van der Waals surface area contributed by atoms with Crippen molar-refractivity contribution in [3.8, 4) is 0 Å². The lowest BCUT2D eigenvalue weighted by Crippen LogP contribution is -2.39. The second-order valence-electron chi connectivity index (χ2n) is 5.14. The summed E-state index contributed by atoms with van der Waals surface area (Å²) in [6.45, 7) is 2.16. The van der Waals surface area contributed by atoms with Gasteiger partial charge in [-0.15, -0.1) is 0 Å². The largest absolute Gasteiger partial charge is 0.341 e. The summed E-state index contributed by atoms with van der Waals surface area (Å²) >= 11 is 0. The van der Waals surface area contributed by atoms with Gasteiger partial charge in [0.15, 0.2) is 0 Å². The maximum absolute atomic E-state index is 13.6. The molecule has 1 atom stereocenters. The molecule has 1 N–H and O–H groups in total. The van der Waals surface area contributed by atoms with Gasteiger partial charge in [-0.3, -0.25) is 4.79 Å². The SMILES string of the molecule is CN(CC1CCCNC1)C(=O)c1c(F)cc(F)cc1F. The van der Waals surface area contributed by atoms with Gasteiger partial charge in [0.05, 0.1) is 0 Å². The molecule has 2 rings (SSSR count). The second kappa shape index (κ2) is 6.26. The summed E-state index contributed by atoms with van der Waals surface area (Å²) in [5, 5.41) is 3.21. The molecule has 1 aromatic rings. The van der Waals surface area contributed by atoms with E-state index in [1.807, 2.05) is 0 Å². The number of nitrogens with zero attached hydrogens (tertiary/aromatic N) is 1. The van der Waals surface area contributed by atoms with Crippen LogP contribution in [0.5, 0.6) is 0 Å². The Bertz CT molecular complexity index is 478. The number of amides is 1. The number of benzene rings is 1. The Morgan fingerprint density at radius 3 is 2.55 bits per heavy atom. The van der Waals surface area contributed by atoms with E-state index in [1.54, 1.807) is 0 Å². The summed E-state index contributed by atoms with van der Waals surface area (Å²) < 4.78 is 40.0. The van der Waals surface area contributed by atoms with Crippen LogP contribution in [0.1, 0.15) is 23.2 Å². The Kier molecular flexibility index (Phi) is 4.65. The van der Waals surface area contributed by atoms with Crippen molar-refractivity contribution in [2.24, 2.45) is 5.92 Å². The van der Waals surface area contributed by atoms with E-state index < -0.39 is 28.9 Å². The molecule has 1 heterocycles. The number of carbonyl (C=O) groups is 1. The first-order chi connectivity index (χ1) is 9.49. The predicted molar refractivity (Wildman–Crippen MR) is 68.9 cm³/mol. The molecule has 1 aromatic carbocycles. The molecular formula is C14H17F3N2O. The number of rotatable bonds is 3. The van der Waals surface area contributed by atoms with Gasteiger partial charge in [0.25, 0.3) is 5.91 Å². The fourth-order valence-electron chi connectivity index (χ4n) is 2.49. The third-order valence-corrected chi connectivity index (χ3v) is 3.50. The van der Waals surface area contributed by atoms with Gasteiger partial charge in [0.2, 0.25) is 0 Å². The van der Waals surface area contributed by atoms with Crippen LogP contribution in [0.25, 0.3) is 0 Å². The molecule has 1 amide bonds. The molecule has 1 aliphatic rings. The first kappa shape index (κ1) is 14.8. The molecule has 1 saturated heterocycles. The molecule has 0 spiro atoms. The molecule has 0 aliphatic carbocycles. The summed E-state index contributed by atoms with van der Waals surface area (Å²) in [5.74, 6) is -3.85. The zero-order chi connectivity index (χ0) is 14.7. The zero-order valence-corrected chi connectivity index (χ0v) is 11.3. The Hall–Kier alpha value is -1.56. The van der Waals surface area contributed by atoms with Crippen LogP contribution in [0.3, 0.4) is 0 Å². The van der Waals surface area contributed by atoms with Crippen LogP contribution in [0, 0.1) is 23.4 Å². The standard InChI is InChI=1S/C14H17F3N2O/c1-19(8-9-3-2-4-18-7-9)14(20)13-11(16)5-10(15)6-12(13)17/h5-6,9,18H,2-4,7-8H2,1H3. The summed E-state index contributed by atoms with van der Waals surface area (Å²) in [4.78, 5) is 13.4. The normalized spacial score (nSPS) is 18.9. The maximum Gasteiger partial charge on any atom is 0.259 e. The molecule has 1 fully saturated rings. The van der Waals surface area contributed by atoms with E-state index in [0.29, 0.717) is 18.7 Å². The van der Waals surface area contributed by atoms with Gasteiger partial charge in [-0.25, -0.2) is 13.2 Å². The van der Waals surface area contributed by atoms with Gasteiger partial charge >= 0.3 is 0 Å². The van der Waals surface area contributed by atoms with Crippen molar-refractivity contribution in [2.45, 2.75) is 12.8 Å². The monoisotopic (exact) mass is 286 g/mol. The van der Waals surface area contributed by atoms with Gasteiger partial charge in [0.1, 0.15) is 23.0 Å². The lowest BCUT2D eigenvalue weighted by molar-refractivity contribution is 0.0755. The molecule has 0 saturated carbocycles. The van der Waals surface area contributed by atoms with Gasteiger partial charge in [-0.2, -0.15) is 0 Å². The lowest BCUT2D eigenvalue weighted by Gasteiger charge is -2.27. The van der Waals surface area contributed by atoms with Crippen molar-refractivity contribution < 1.29 is 18.0 Å². The fourth-order valence-corrected chi connectivity index (χ4v) is 2.49. The zero-order valence-electron chi connectivity index (χ0n) is 11.3. The number of halogens is 3. The second-order valence-corrected chi connectivity index (χ2v) is 5.14. The van der Waals surface area contributed by atoms with Crippen LogP contribution >= 0.6 is 0 Å². The van der Waals surface area contributed by atoms with Crippen molar-refractivity contribution in [3.05, 3.63) is 35.1 Å². The highest BCUT2D eigenvalue weighted by Gasteiger charge is 2.24. The molecule has 0 aromatic heterocycles. The minimum absolute atomic E-state index is 0.268. The Balaban J connectivity index is 2.10. The van der Waals surface area contributed by atoms with Gasteiger partial charge < -0.3 is 10.2 Å². The van der Waals surface area contributed by atoms with E-state index in [1.165, 1.54) is 11.9 Å². The molecule has 110 valence electrons. The maximum atomic E-state index is 13.6. The van der Waals surface area contributed by atoms with Gasteiger partial charge in [0, 0.05) is 25.7 Å². The molecule has 20 heavy (non-hydrogen) atoms. The lowest BCUT2D eigenvalue weighted by atomic mass is 9.99. The summed E-state index contributed by atoms with van der Waals surface area (Å²) in [7, 11) is 1.50. The Morgan fingerprint density at radius 2 is 2.00 bits per heavy atom. The smallest absolute Gasteiger partial charge is 0.259 e. The third-order valence-electron chi connectivity index (χ3n) is 3.50. The van der Waals surface area contributed by atoms with Crippen molar-refractivity contribution in [1.29, 1.82) is 0 Å². The molecule has 3 nitrogen and oxygen atoms in total. The number of carbonyl (C=O) groups excluding carboxylic acids is 1. The van der Waals surface area contributed by atoms with Crippen LogP contribution < -0.4 is 5.32 Å². The van der Waals surface area contributed by atoms with Crippen molar-refractivity contribution in [1.82, 2.24) is 10.2 Å². The van der Waals surface area contributed by atoms with E-state index in [0.717, 1.165) is 25.9 Å². The van der Waals surface area contributed by atoms with Crippen molar-refractivity contribution in [3.63, 3.8) is 0 Å². The molecule has 0 radical (unpaired) electrons. The average Bonchev–Trinajstić information content (AvgIpc) is 2.38. The molecule has 1 aliphatic heterocycles. The number of nitrogens with one attached hydrogen (secondary N) is 1. The number of piperidine rings is 1. The van der Waals surface area contributed by atoms with E-state index in [-0.39, 0.29) is 5.92 Å². The average molecular weight is 286 g/mol. The van der Waals surface area contributed by atoms with E-state index in [2.05, 4.69) is 5.32 Å². The fraction of sp³-hybridized carbons (Fsp3) is 0.500. The minimum Gasteiger partial charge on any atom is -0.341 e. The highest BCUT2D eigenvalue weighted by atomic mass is 19.1. The van der Waals surface area contributed by atoms with Gasteiger partial charge in [-0.1, -0.05) is 0 Å². The Morgan fingerprint density at radius 1 is 1.35 bits per heavy atom. The van der Waals surface area contributed by atoms with Crippen molar-refractivity contribution in [2.75, 3.05) is 26.7 Å². The van der Waals surface area contributed by atoms with Crippen LogP contribution in [-0.2, 0) is 0 Å². The minimum atomic E-state index is -1.17. The highest BCUT2D eigenvalue weighted by molar-refractivity contribution is 5.94. The van der Waals surface area contributed by atoms with Crippen LogP contribution in [0.15, 0.2) is 12.1 Å². The van der Waals surface area contributed by atoms with E-state index >= 15 is 0 Å². The molecule has 6 heteroatoms. The molecule has 0 bridgehead atoms. The van der Waals surface area contributed by atoms with Crippen LogP contribution in [0.4, 0.5) is 13.2 Å². The predicted octanol–water partition coefficient (Wildman–Crippen LogP) is 2.18. The van der Waals surface area contributed by atoms with Gasteiger partial charge in [-0.05, 0) is 31.8 Å². The van der Waals surface area contributed by atoms with E-state index in [4.69, 9.17) is 0 Å². The third kappa shape index (κ3) is 3.30.